The lowest BCUT2D eigenvalue weighted by molar-refractivity contribution is 0.458. The standard InChI is InChI=1S/C14H15ClN2/c15-12-8-4-5-9-13(12)17-14(10-16)11-6-2-1-3-7-11/h1-2,4-5,8-9,11,14,17H,3,6-7H2. The van der Waals surface area contributed by atoms with Crippen LogP contribution < -0.4 is 5.32 Å². The van der Waals surface area contributed by atoms with Crippen LogP contribution in [0, 0.1) is 17.2 Å². The van der Waals surface area contributed by atoms with Crippen LogP contribution in [-0.2, 0) is 0 Å². The van der Waals surface area contributed by atoms with Gasteiger partial charge in [0.15, 0.2) is 0 Å². The Morgan fingerprint density at radius 2 is 2.18 bits per heavy atom. The molecule has 1 aromatic rings. The van der Waals surface area contributed by atoms with E-state index in [1.807, 2.05) is 24.3 Å². The number of para-hydroxylation sites is 1. The van der Waals surface area contributed by atoms with E-state index in [2.05, 4.69) is 23.5 Å². The maximum absolute atomic E-state index is 9.25. The fourth-order valence-electron chi connectivity index (χ4n) is 2.12. The summed E-state index contributed by atoms with van der Waals surface area (Å²) in [5, 5.41) is 13.2. The maximum atomic E-state index is 9.25. The monoisotopic (exact) mass is 246 g/mol. The average molecular weight is 247 g/mol. The van der Waals surface area contributed by atoms with Gasteiger partial charge in [0.1, 0.15) is 6.04 Å². The topological polar surface area (TPSA) is 35.8 Å². The Labute approximate surface area is 107 Å². The molecule has 1 aliphatic rings. The van der Waals surface area contributed by atoms with Crippen LogP contribution in [0.4, 0.5) is 5.69 Å². The Balaban J connectivity index is 2.08. The fourth-order valence-corrected chi connectivity index (χ4v) is 2.31. The first-order chi connectivity index (χ1) is 8.31. The molecule has 88 valence electrons. The first-order valence-electron chi connectivity index (χ1n) is 5.87. The quantitative estimate of drug-likeness (QED) is 0.819. The lowest BCUT2D eigenvalue weighted by atomic mass is 9.88. The molecule has 0 amide bonds. The Morgan fingerprint density at radius 3 is 2.82 bits per heavy atom. The van der Waals surface area contributed by atoms with E-state index in [9.17, 15) is 5.26 Å². The van der Waals surface area contributed by atoms with Crippen molar-refractivity contribution in [2.45, 2.75) is 25.3 Å². The van der Waals surface area contributed by atoms with Gasteiger partial charge >= 0.3 is 0 Å². The van der Waals surface area contributed by atoms with Gasteiger partial charge in [-0.1, -0.05) is 35.9 Å². The lowest BCUT2D eigenvalue weighted by Gasteiger charge is -2.24. The molecule has 2 nitrogen and oxygen atoms in total. The van der Waals surface area contributed by atoms with Crippen molar-refractivity contribution in [3.05, 3.63) is 41.4 Å². The number of hydrogen-bond donors (Lipinski definition) is 1. The summed E-state index contributed by atoms with van der Waals surface area (Å²) >= 11 is 6.08. The van der Waals surface area contributed by atoms with Gasteiger partial charge in [-0.3, -0.25) is 0 Å². The van der Waals surface area contributed by atoms with Gasteiger partial charge in [-0.2, -0.15) is 5.26 Å². The summed E-state index contributed by atoms with van der Waals surface area (Å²) in [4.78, 5) is 0. The fraction of sp³-hybridized carbons (Fsp3) is 0.357. The van der Waals surface area contributed by atoms with Crippen molar-refractivity contribution in [1.82, 2.24) is 0 Å². The first-order valence-corrected chi connectivity index (χ1v) is 6.24. The van der Waals surface area contributed by atoms with E-state index in [-0.39, 0.29) is 6.04 Å². The normalized spacial score (nSPS) is 20.6. The molecule has 0 spiro atoms. The SMILES string of the molecule is N#CC(Nc1ccccc1Cl)C1CC=CCC1. The van der Waals surface area contributed by atoms with Crippen molar-refractivity contribution in [1.29, 1.82) is 5.26 Å². The molecule has 17 heavy (non-hydrogen) atoms. The summed E-state index contributed by atoms with van der Waals surface area (Å²) in [6.45, 7) is 0. The Bertz CT molecular complexity index is 448. The summed E-state index contributed by atoms with van der Waals surface area (Å²) in [7, 11) is 0. The van der Waals surface area contributed by atoms with Crippen molar-refractivity contribution in [2.75, 3.05) is 5.32 Å². The molecule has 0 heterocycles. The molecule has 0 saturated heterocycles. The first kappa shape index (κ1) is 12.0. The number of nitriles is 1. The molecular weight excluding hydrogens is 232 g/mol. The highest BCUT2D eigenvalue weighted by molar-refractivity contribution is 6.33. The molecule has 1 aliphatic carbocycles. The zero-order chi connectivity index (χ0) is 12.1. The van der Waals surface area contributed by atoms with Crippen molar-refractivity contribution in [3.8, 4) is 6.07 Å². The van der Waals surface area contributed by atoms with Crippen LogP contribution in [0.1, 0.15) is 19.3 Å². The van der Waals surface area contributed by atoms with Crippen LogP contribution in [0.15, 0.2) is 36.4 Å². The third-order valence-electron chi connectivity index (χ3n) is 3.10. The molecule has 2 atom stereocenters. The van der Waals surface area contributed by atoms with E-state index < -0.39 is 0 Å². The molecule has 0 radical (unpaired) electrons. The number of allylic oxidation sites excluding steroid dienone is 2. The highest BCUT2D eigenvalue weighted by atomic mass is 35.5. The molecule has 0 saturated carbocycles. The van der Waals surface area contributed by atoms with Gasteiger partial charge in [-0.05, 0) is 37.3 Å². The van der Waals surface area contributed by atoms with Gasteiger partial charge in [-0.15, -0.1) is 0 Å². The molecule has 0 bridgehead atoms. The highest BCUT2D eigenvalue weighted by Gasteiger charge is 2.21. The average Bonchev–Trinajstić information content (AvgIpc) is 2.39. The van der Waals surface area contributed by atoms with Crippen LogP contribution in [0.3, 0.4) is 0 Å². The zero-order valence-corrected chi connectivity index (χ0v) is 10.3. The van der Waals surface area contributed by atoms with Crippen molar-refractivity contribution in [3.63, 3.8) is 0 Å². The van der Waals surface area contributed by atoms with Crippen molar-refractivity contribution in [2.24, 2.45) is 5.92 Å². The van der Waals surface area contributed by atoms with Gasteiger partial charge in [-0.25, -0.2) is 0 Å². The largest absolute Gasteiger partial charge is 0.368 e. The number of nitrogens with zero attached hydrogens (tertiary/aromatic N) is 1. The molecule has 0 aromatic heterocycles. The number of halogens is 1. The van der Waals surface area contributed by atoms with E-state index in [1.54, 1.807) is 0 Å². The second-order valence-corrected chi connectivity index (χ2v) is 4.68. The molecule has 0 fully saturated rings. The third-order valence-corrected chi connectivity index (χ3v) is 3.43. The molecule has 2 unspecified atom stereocenters. The molecule has 1 aromatic carbocycles. The van der Waals surface area contributed by atoms with Crippen molar-refractivity contribution >= 4 is 17.3 Å². The second kappa shape index (κ2) is 5.75. The van der Waals surface area contributed by atoms with E-state index in [1.165, 1.54) is 0 Å². The summed E-state index contributed by atoms with van der Waals surface area (Å²) < 4.78 is 0. The second-order valence-electron chi connectivity index (χ2n) is 4.28. The smallest absolute Gasteiger partial charge is 0.117 e. The van der Waals surface area contributed by atoms with E-state index in [4.69, 9.17) is 11.6 Å². The maximum Gasteiger partial charge on any atom is 0.117 e. The minimum absolute atomic E-state index is 0.167. The molecule has 3 heteroatoms. The van der Waals surface area contributed by atoms with Gasteiger partial charge in [0.2, 0.25) is 0 Å². The van der Waals surface area contributed by atoms with Crippen LogP contribution >= 0.6 is 11.6 Å². The Morgan fingerprint density at radius 1 is 1.35 bits per heavy atom. The third kappa shape index (κ3) is 3.01. The Kier molecular flexibility index (Phi) is 4.06. The van der Waals surface area contributed by atoms with Crippen LogP contribution in [0.2, 0.25) is 5.02 Å². The number of benzene rings is 1. The van der Waals surface area contributed by atoms with Gasteiger partial charge < -0.3 is 5.32 Å². The summed E-state index contributed by atoms with van der Waals surface area (Å²) in [6, 6.07) is 9.72. The minimum atomic E-state index is -0.167. The molecule has 0 aliphatic heterocycles. The molecule has 2 rings (SSSR count). The summed E-state index contributed by atoms with van der Waals surface area (Å²) in [5.41, 5.74) is 0.843. The predicted molar refractivity (Wildman–Crippen MR) is 71.0 cm³/mol. The van der Waals surface area contributed by atoms with Gasteiger partial charge in [0.05, 0.1) is 16.8 Å². The van der Waals surface area contributed by atoms with Gasteiger partial charge in [0, 0.05) is 0 Å². The van der Waals surface area contributed by atoms with Crippen LogP contribution in [0.5, 0.6) is 0 Å². The zero-order valence-electron chi connectivity index (χ0n) is 9.57. The van der Waals surface area contributed by atoms with E-state index in [0.717, 1.165) is 24.9 Å². The van der Waals surface area contributed by atoms with Crippen LogP contribution in [-0.4, -0.2) is 6.04 Å². The van der Waals surface area contributed by atoms with Gasteiger partial charge in [0.25, 0.3) is 0 Å². The predicted octanol–water partition coefficient (Wildman–Crippen LogP) is 4.00. The number of hydrogen-bond acceptors (Lipinski definition) is 2. The number of rotatable bonds is 3. The highest BCUT2D eigenvalue weighted by Crippen LogP contribution is 2.27. The lowest BCUT2D eigenvalue weighted by Crippen LogP contribution is -2.28. The Hall–Kier alpha value is -1.46. The summed E-state index contributed by atoms with van der Waals surface area (Å²) in [5.74, 6) is 0.376. The molecule has 1 N–H and O–H groups in total. The van der Waals surface area contributed by atoms with Crippen molar-refractivity contribution < 1.29 is 0 Å². The number of anilines is 1. The van der Waals surface area contributed by atoms with E-state index >= 15 is 0 Å². The van der Waals surface area contributed by atoms with E-state index in [0.29, 0.717) is 10.9 Å². The molecular formula is C14H15ClN2. The summed E-state index contributed by atoms with van der Waals surface area (Å²) in [6.07, 6.45) is 7.43. The van der Waals surface area contributed by atoms with Crippen LogP contribution in [0.25, 0.3) is 0 Å². The number of nitrogens with one attached hydrogen (secondary N) is 1. The minimum Gasteiger partial charge on any atom is -0.368 e.